The van der Waals surface area contributed by atoms with Crippen molar-refractivity contribution in [2.24, 2.45) is 5.16 Å². The monoisotopic (exact) mass is 173 g/mol. The fourth-order valence-corrected chi connectivity index (χ4v) is 1.42. The third-order valence-electron chi connectivity index (χ3n) is 1.84. The first-order chi connectivity index (χ1) is 5.34. The quantitative estimate of drug-likeness (QED) is 0.444. The number of allylic oxidation sites excluding steroid dienone is 2. The van der Waals surface area contributed by atoms with Gasteiger partial charge in [-0.2, -0.15) is 0 Å². The molecule has 0 radical (unpaired) electrons. The van der Waals surface area contributed by atoms with Gasteiger partial charge in [-0.25, -0.2) is 0 Å². The first-order valence-corrected chi connectivity index (χ1v) is 4.29. The SMILES string of the molecule is ON=C1CCCCCC=C1Cl. The van der Waals surface area contributed by atoms with Crippen LogP contribution >= 0.6 is 11.6 Å². The lowest BCUT2D eigenvalue weighted by Crippen LogP contribution is -2.00. The smallest absolute Gasteiger partial charge is 0.0978 e. The Morgan fingerprint density at radius 2 is 2.18 bits per heavy atom. The largest absolute Gasteiger partial charge is 0.411 e. The second-order valence-corrected chi connectivity index (χ2v) is 3.11. The predicted octanol–water partition coefficient (Wildman–Crippen LogP) is 2.90. The molecule has 0 saturated carbocycles. The lowest BCUT2D eigenvalue weighted by Gasteiger charge is -2.06. The van der Waals surface area contributed by atoms with Gasteiger partial charge < -0.3 is 5.21 Å². The van der Waals surface area contributed by atoms with Crippen LogP contribution in [0.15, 0.2) is 16.3 Å². The Bertz CT molecular complexity index is 187. The van der Waals surface area contributed by atoms with Gasteiger partial charge in [-0.15, -0.1) is 0 Å². The summed E-state index contributed by atoms with van der Waals surface area (Å²) in [5, 5.41) is 12.3. The molecule has 0 spiro atoms. The van der Waals surface area contributed by atoms with Crippen LogP contribution in [0.25, 0.3) is 0 Å². The Morgan fingerprint density at radius 3 is 2.91 bits per heavy atom. The van der Waals surface area contributed by atoms with Crippen LogP contribution in [0.4, 0.5) is 0 Å². The van der Waals surface area contributed by atoms with E-state index in [1.165, 1.54) is 12.8 Å². The summed E-state index contributed by atoms with van der Waals surface area (Å²) in [6.07, 6.45) is 7.18. The van der Waals surface area contributed by atoms with Gasteiger partial charge in [0.1, 0.15) is 0 Å². The molecule has 0 bridgehead atoms. The van der Waals surface area contributed by atoms with Crippen LogP contribution in [0, 0.1) is 0 Å². The minimum Gasteiger partial charge on any atom is -0.411 e. The molecule has 0 aromatic rings. The number of halogens is 1. The molecule has 1 aliphatic carbocycles. The molecule has 0 amide bonds. The molecule has 0 aromatic heterocycles. The van der Waals surface area contributed by atoms with Crippen molar-refractivity contribution in [1.82, 2.24) is 0 Å². The van der Waals surface area contributed by atoms with Crippen LogP contribution in [0.1, 0.15) is 32.1 Å². The van der Waals surface area contributed by atoms with E-state index in [1.54, 1.807) is 0 Å². The standard InChI is InChI=1S/C8H12ClNO/c9-7-5-3-1-2-4-6-8(7)10-11/h5,11H,1-4,6H2. The summed E-state index contributed by atoms with van der Waals surface area (Å²) >= 11 is 5.83. The highest BCUT2D eigenvalue weighted by Crippen LogP contribution is 2.17. The van der Waals surface area contributed by atoms with Gasteiger partial charge in [0, 0.05) is 0 Å². The zero-order chi connectivity index (χ0) is 8.10. The molecule has 2 nitrogen and oxygen atoms in total. The van der Waals surface area contributed by atoms with Crippen LogP contribution in [-0.4, -0.2) is 10.9 Å². The van der Waals surface area contributed by atoms with Crippen LogP contribution < -0.4 is 0 Å². The molecule has 11 heavy (non-hydrogen) atoms. The van der Waals surface area contributed by atoms with Crippen molar-refractivity contribution in [3.8, 4) is 0 Å². The minimum absolute atomic E-state index is 0.618. The molecule has 0 heterocycles. The summed E-state index contributed by atoms with van der Waals surface area (Å²) < 4.78 is 0. The van der Waals surface area contributed by atoms with E-state index in [-0.39, 0.29) is 0 Å². The van der Waals surface area contributed by atoms with E-state index < -0.39 is 0 Å². The zero-order valence-electron chi connectivity index (χ0n) is 6.39. The molecule has 0 aliphatic heterocycles. The highest BCUT2D eigenvalue weighted by atomic mass is 35.5. The van der Waals surface area contributed by atoms with Crippen molar-refractivity contribution in [1.29, 1.82) is 0 Å². The van der Waals surface area contributed by atoms with Crippen molar-refractivity contribution in [2.45, 2.75) is 32.1 Å². The van der Waals surface area contributed by atoms with E-state index in [0.29, 0.717) is 10.7 Å². The maximum Gasteiger partial charge on any atom is 0.0978 e. The normalized spacial score (nSPS) is 24.1. The fourth-order valence-electron chi connectivity index (χ4n) is 1.18. The van der Waals surface area contributed by atoms with E-state index in [0.717, 1.165) is 19.3 Å². The Balaban J connectivity index is 2.66. The van der Waals surface area contributed by atoms with E-state index in [1.807, 2.05) is 6.08 Å². The zero-order valence-corrected chi connectivity index (χ0v) is 7.14. The summed E-state index contributed by atoms with van der Waals surface area (Å²) in [6.45, 7) is 0. The van der Waals surface area contributed by atoms with Crippen LogP contribution in [-0.2, 0) is 0 Å². The number of nitrogens with zero attached hydrogens (tertiary/aromatic N) is 1. The van der Waals surface area contributed by atoms with Gasteiger partial charge in [-0.1, -0.05) is 29.3 Å². The molecule has 1 aliphatic rings. The Kier molecular flexibility index (Phi) is 3.43. The summed E-state index contributed by atoms with van der Waals surface area (Å²) in [4.78, 5) is 0. The van der Waals surface area contributed by atoms with Gasteiger partial charge in [0.05, 0.1) is 10.7 Å². The van der Waals surface area contributed by atoms with Crippen molar-refractivity contribution >= 4 is 17.3 Å². The molecule has 0 unspecified atom stereocenters. The first-order valence-electron chi connectivity index (χ1n) is 3.91. The molecule has 1 rings (SSSR count). The second-order valence-electron chi connectivity index (χ2n) is 2.70. The Hall–Kier alpha value is -0.500. The van der Waals surface area contributed by atoms with Gasteiger partial charge in [-0.05, 0) is 25.7 Å². The third-order valence-corrected chi connectivity index (χ3v) is 2.21. The van der Waals surface area contributed by atoms with E-state index in [4.69, 9.17) is 16.8 Å². The molecule has 0 saturated heterocycles. The second kappa shape index (κ2) is 4.39. The van der Waals surface area contributed by atoms with Crippen LogP contribution in [0.2, 0.25) is 0 Å². The number of oxime groups is 1. The summed E-state index contributed by atoms with van der Waals surface area (Å²) in [6, 6.07) is 0. The lowest BCUT2D eigenvalue weighted by atomic mass is 10.0. The summed E-state index contributed by atoms with van der Waals surface area (Å²) in [7, 11) is 0. The van der Waals surface area contributed by atoms with Gasteiger partial charge in [0.25, 0.3) is 0 Å². The third kappa shape index (κ3) is 2.54. The van der Waals surface area contributed by atoms with Crippen LogP contribution in [0.5, 0.6) is 0 Å². The molecule has 1 N–H and O–H groups in total. The maximum atomic E-state index is 8.54. The highest BCUT2D eigenvalue weighted by Gasteiger charge is 2.07. The van der Waals surface area contributed by atoms with Gasteiger partial charge in [-0.3, -0.25) is 0 Å². The predicted molar refractivity (Wildman–Crippen MR) is 46.2 cm³/mol. The molecule has 0 fully saturated rings. The Labute approximate surface area is 71.5 Å². The van der Waals surface area contributed by atoms with E-state index in [2.05, 4.69) is 5.16 Å². The lowest BCUT2D eigenvalue weighted by molar-refractivity contribution is 0.317. The van der Waals surface area contributed by atoms with Crippen LogP contribution in [0.3, 0.4) is 0 Å². The van der Waals surface area contributed by atoms with Crippen molar-refractivity contribution in [3.63, 3.8) is 0 Å². The van der Waals surface area contributed by atoms with Gasteiger partial charge in [0.15, 0.2) is 0 Å². The topological polar surface area (TPSA) is 32.6 Å². The molecule has 62 valence electrons. The Morgan fingerprint density at radius 1 is 1.36 bits per heavy atom. The average Bonchev–Trinajstić information content (AvgIpc) is 1.98. The highest BCUT2D eigenvalue weighted by molar-refractivity contribution is 6.43. The maximum absolute atomic E-state index is 8.54. The molecule has 0 atom stereocenters. The first kappa shape index (κ1) is 8.60. The molecule has 0 aromatic carbocycles. The molecular weight excluding hydrogens is 162 g/mol. The van der Waals surface area contributed by atoms with E-state index in [9.17, 15) is 0 Å². The molecule has 3 heteroatoms. The fraction of sp³-hybridized carbons (Fsp3) is 0.625. The minimum atomic E-state index is 0.618. The number of rotatable bonds is 0. The average molecular weight is 174 g/mol. The number of hydrogen-bond acceptors (Lipinski definition) is 2. The molecular formula is C8H12ClNO. The van der Waals surface area contributed by atoms with Gasteiger partial charge >= 0.3 is 0 Å². The number of hydrogen-bond donors (Lipinski definition) is 1. The van der Waals surface area contributed by atoms with Crippen molar-refractivity contribution in [2.75, 3.05) is 0 Å². The van der Waals surface area contributed by atoms with E-state index >= 15 is 0 Å². The van der Waals surface area contributed by atoms with Crippen molar-refractivity contribution in [3.05, 3.63) is 11.1 Å². The van der Waals surface area contributed by atoms with Gasteiger partial charge in [0.2, 0.25) is 0 Å². The summed E-state index contributed by atoms with van der Waals surface area (Å²) in [5.74, 6) is 0. The summed E-state index contributed by atoms with van der Waals surface area (Å²) in [5.41, 5.74) is 0.631. The van der Waals surface area contributed by atoms with Crippen molar-refractivity contribution < 1.29 is 5.21 Å².